The lowest BCUT2D eigenvalue weighted by Crippen LogP contribution is -2.65. The summed E-state index contributed by atoms with van der Waals surface area (Å²) < 4.78 is 45.4. The van der Waals surface area contributed by atoms with Crippen molar-refractivity contribution >= 4 is 67.9 Å². The van der Waals surface area contributed by atoms with E-state index in [1.165, 1.54) is 6.08 Å². The molecule has 280 valence electrons. The fraction of sp³-hybridized carbons (Fsp3) is 0.706. The van der Waals surface area contributed by atoms with Crippen molar-refractivity contribution in [1.82, 2.24) is 0 Å². The van der Waals surface area contributed by atoms with Crippen LogP contribution in [0.15, 0.2) is 24.3 Å². The van der Waals surface area contributed by atoms with Crippen LogP contribution in [-0.4, -0.2) is 85.8 Å². The molecule has 0 saturated heterocycles. The minimum Gasteiger partial charge on any atom is -0.542 e. The van der Waals surface area contributed by atoms with Gasteiger partial charge in [-0.25, -0.2) is 4.79 Å². The van der Waals surface area contributed by atoms with Gasteiger partial charge >= 0.3 is 11.9 Å². The summed E-state index contributed by atoms with van der Waals surface area (Å²) in [6, 6.07) is 5.72. The average molecular weight is 787 g/mol. The molecule has 0 aromatic heterocycles. The lowest BCUT2D eigenvalue weighted by molar-refractivity contribution is -0.187. The molecule has 1 aromatic carbocycles. The van der Waals surface area contributed by atoms with E-state index in [1.54, 1.807) is 6.08 Å². The van der Waals surface area contributed by atoms with Crippen LogP contribution in [0.5, 0.6) is 11.5 Å². The van der Waals surface area contributed by atoms with Crippen LogP contribution in [-0.2, 0) is 32.0 Å². The van der Waals surface area contributed by atoms with Crippen LogP contribution >= 0.6 is 0 Å². The first-order valence-electron chi connectivity index (χ1n) is 17.4. The van der Waals surface area contributed by atoms with E-state index in [0.29, 0.717) is 11.5 Å². The number of benzene rings is 1. The summed E-state index contributed by atoms with van der Waals surface area (Å²) >= 11 is 0. The van der Waals surface area contributed by atoms with Gasteiger partial charge in [-0.1, -0.05) is 6.07 Å². The lowest BCUT2D eigenvalue weighted by atomic mass is 9.79. The highest BCUT2D eigenvalue weighted by molar-refractivity contribution is 6.72. The van der Waals surface area contributed by atoms with E-state index < -0.39 is 85.8 Å². The zero-order chi connectivity index (χ0) is 38.0. The summed E-state index contributed by atoms with van der Waals surface area (Å²) in [7, 11) is -12.8. The summed E-state index contributed by atoms with van der Waals surface area (Å²) in [6.45, 7) is 37.5. The molecule has 49 heavy (non-hydrogen) atoms. The van der Waals surface area contributed by atoms with E-state index in [9.17, 15) is 9.59 Å². The Morgan fingerprint density at radius 3 is 1.61 bits per heavy atom. The molecule has 1 fully saturated rings. The third-order valence-electron chi connectivity index (χ3n) is 6.54. The third kappa shape index (κ3) is 16.3. The van der Waals surface area contributed by atoms with Crippen LogP contribution in [0.4, 0.5) is 0 Å². The van der Waals surface area contributed by atoms with Crippen LogP contribution in [0, 0.1) is 0 Å². The van der Waals surface area contributed by atoms with Gasteiger partial charge in [-0.2, -0.15) is 0 Å². The molecule has 0 amide bonds. The zero-order valence-corrected chi connectivity index (χ0v) is 39.7. The highest BCUT2D eigenvalue weighted by Crippen LogP contribution is 2.42. The standard InChI is InChI=1S/C34H66O9Si6/c1-44(2,3)38-27-21-19-26(23-28(27)39-45(4,5)6)20-22-31(35)37-29-24-34(43-49(16,17)18,33(36)42-48(13,14)15)25-30(40-46(7,8)9)32(29)41-47(10,11)12/h19-23,29-30,32H,24-25H2,1-18H3/b22-20+/t29-,30-,32-,34+/m1/s1. The molecule has 4 atom stereocenters. The van der Waals surface area contributed by atoms with Crippen molar-refractivity contribution in [1.29, 1.82) is 0 Å². The molecule has 0 N–H and O–H groups in total. The summed E-state index contributed by atoms with van der Waals surface area (Å²) in [4.78, 5) is 27.8. The van der Waals surface area contributed by atoms with Gasteiger partial charge in [-0.15, -0.1) is 0 Å². The lowest BCUT2D eigenvalue weighted by Gasteiger charge is -2.50. The Bertz CT molecular complexity index is 1330. The van der Waals surface area contributed by atoms with E-state index in [-0.39, 0.29) is 12.8 Å². The van der Waals surface area contributed by atoms with Gasteiger partial charge in [0.1, 0.15) is 23.7 Å². The highest BCUT2D eigenvalue weighted by atomic mass is 28.4. The Kier molecular flexibility index (Phi) is 14.1. The van der Waals surface area contributed by atoms with E-state index in [4.69, 9.17) is 31.3 Å². The number of hydrogen-bond donors (Lipinski definition) is 0. The molecular formula is C34H66O9Si6. The van der Waals surface area contributed by atoms with Crippen LogP contribution < -0.4 is 8.85 Å². The first-order valence-corrected chi connectivity index (χ1v) is 37.9. The van der Waals surface area contributed by atoms with Gasteiger partial charge in [0.05, 0.1) is 6.10 Å². The molecule has 0 heterocycles. The number of esters is 1. The van der Waals surface area contributed by atoms with Crippen LogP contribution in [0.3, 0.4) is 0 Å². The predicted molar refractivity (Wildman–Crippen MR) is 216 cm³/mol. The second kappa shape index (κ2) is 15.7. The number of carbonyl (C=O) groups is 2. The zero-order valence-electron chi connectivity index (χ0n) is 33.7. The molecule has 0 bridgehead atoms. The molecule has 15 heteroatoms. The van der Waals surface area contributed by atoms with E-state index >= 15 is 0 Å². The summed E-state index contributed by atoms with van der Waals surface area (Å²) in [6.07, 6.45) is 1.64. The van der Waals surface area contributed by atoms with Gasteiger partial charge in [-0.3, -0.25) is 4.79 Å². The summed E-state index contributed by atoms with van der Waals surface area (Å²) in [5.74, 6) is 0.441. The minimum atomic E-state index is -2.32. The molecule has 1 aliphatic carbocycles. The largest absolute Gasteiger partial charge is 0.542 e. The van der Waals surface area contributed by atoms with E-state index in [1.807, 2.05) is 37.8 Å². The van der Waals surface area contributed by atoms with Crippen molar-refractivity contribution in [3.8, 4) is 11.5 Å². The Hall–Kier alpha value is -1.32. The van der Waals surface area contributed by atoms with Gasteiger partial charge < -0.3 is 31.3 Å². The molecule has 1 aliphatic rings. The smallest absolute Gasteiger partial charge is 0.331 e. The van der Waals surface area contributed by atoms with Gasteiger partial charge in [-0.05, 0) is 142 Å². The summed E-state index contributed by atoms with van der Waals surface area (Å²) in [5, 5.41) is 0. The third-order valence-corrected chi connectivity index (χ3v) is 12.0. The minimum absolute atomic E-state index is 0.123. The van der Waals surface area contributed by atoms with Crippen molar-refractivity contribution in [3.63, 3.8) is 0 Å². The molecule has 0 unspecified atom stereocenters. The average Bonchev–Trinajstić information content (AvgIpc) is 2.81. The Labute approximate surface area is 303 Å². The fourth-order valence-corrected chi connectivity index (χ4v) is 11.5. The van der Waals surface area contributed by atoms with Crippen molar-refractivity contribution in [2.45, 2.75) is 155 Å². The van der Waals surface area contributed by atoms with Gasteiger partial charge in [0, 0.05) is 18.9 Å². The molecule has 0 spiro atoms. The first-order chi connectivity index (χ1) is 21.7. The Morgan fingerprint density at radius 1 is 0.633 bits per heavy atom. The van der Waals surface area contributed by atoms with Crippen molar-refractivity contribution in [3.05, 3.63) is 29.8 Å². The molecule has 0 aliphatic heterocycles. The van der Waals surface area contributed by atoms with Crippen LogP contribution in [0.2, 0.25) is 118 Å². The molecule has 1 saturated carbocycles. The van der Waals surface area contributed by atoms with Gasteiger partial charge in [0.2, 0.25) is 25.0 Å². The maximum absolute atomic E-state index is 14.2. The van der Waals surface area contributed by atoms with E-state index in [2.05, 4.69) is 98.2 Å². The van der Waals surface area contributed by atoms with Crippen molar-refractivity contribution in [2.75, 3.05) is 0 Å². The Balaban J connectivity index is 2.59. The fourth-order valence-electron chi connectivity index (χ4n) is 5.49. The SMILES string of the molecule is C[Si](C)(C)OC(=O)[C@]1(O[Si](C)(C)C)C[C@@H](OC(=O)/C=C/c2ccc(O[Si](C)(C)C)c(O[Si](C)(C)C)c2)[C@@H](O[Si](C)(C)C)[C@H](O[Si](C)(C)C)C1. The normalized spacial score (nSPS) is 22.9. The number of hydrogen-bond acceptors (Lipinski definition) is 9. The monoisotopic (exact) mass is 786 g/mol. The predicted octanol–water partition coefficient (Wildman–Crippen LogP) is 9.24. The van der Waals surface area contributed by atoms with Crippen molar-refractivity contribution < 1.29 is 40.9 Å². The topological polar surface area (TPSA) is 98.8 Å². The van der Waals surface area contributed by atoms with E-state index in [0.717, 1.165) is 5.56 Å². The molecular weight excluding hydrogens is 721 g/mol. The molecule has 1 aromatic rings. The molecule has 0 radical (unpaired) electrons. The van der Waals surface area contributed by atoms with Crippen LogP contribution in [0.1, 0.15) is 18.4 Å². The second-order valence-electron chi connectivity index (χ2n) is 19.0. The highest BCUT2D eigenvalue weighted by Gasteiger charge is 2.57. The second-order valence-corrected chi connectivity index (χ2v) is 45.7. The summed E-state index contributed by atoms with van der Waals surface area (Å²) in [5.41, 5.74) is -0.556. The van der Waals surface area contributed by atoms with Crippen molar-refractivity contribution in [2.24, 2.45) is 0 Å². The molecule has 9 nitrogen and oxygen atoms in total. The number of carbonyl (C=O) groups excluding carboxylic acids is 2. The van der Waals surface area contributed by atoms with Gasteiger partial charge in [0.15, 0.2) is 30.6 Å². The number of rotatable bonds is 15. The maximum Gasteiger partial charge on any atom is 0.331 e. The maximum atomic E-state index is 14.2. The quantitative estimate of drug-likeness (QED) is 0.0979. The van der Waals surface area contributed by atoms with Crippen LogP contribution in [0.25, 0.3) is 6.08 Å². The Morgan fingerprint density at radius 2 is 1.14 bits per heavy atom. The van der Waals surface area contributed by atoms with Gasteiger partial charge in [0.25, 0.3) is 0 Å². The number of ether oxygens (including phenoxy) is 1. The molecule has 2 rings (SSSR count). The first kappa shape index (κ1) is 43.8.